The Bertz CT molecular complexity index is 623. The molecule has 1 heterocycles. The molecule has 1 atom stereocenters. The quantitative estimate of drug-likeness (QED) is 0.813. The summed E-state index contributed by atoms with van der Waals surface area (Å²) in [5.74, 6) is -1.54. The zero-order valence-electron chi connectivity index (χ0n) is 11.9. The summed E-state index contributed by atoms with van der Waals surface area (Å²) in [5.41, 5.74) is 0.213. The predicted octanol–water partition coefficient (Wildman–Crippen LogP) is 2.14. The standard InChI is InChI=1S/C14H15ClFN3O3/c1-2-3-11-13(21)19(14(22)18-11)7-12(20)17-10-5-4-8(16)6-9(10)15/h4-6,11H,2-3,7H2,1H3,(H,17,20)(H,18,22)/t11-/m1/s1. The van der Waals surface area contributed by atoms with Crippen LogP contribution >= 0.6 is 11.6 Å². The zero-order chi connectivity index (χ0) is 16.3. The maximum absolute atomic E-state index is 12.9. The van der Waals surface area contributed by atoms with Gasteiger partial charge in [-0.3, -0.25) is 14.5 Å². The highest BCUT2D eigenvalue weighted by molar-refractivity contribution is 6.33. The van der Waals surface area contributed by atoms with Crippen LogP contribution in [0.15, 0.2) is 18.2 Å². The smallest absolute Gasteiger partial charge is 0.325 e. The van der Waals surface area contributed by atoms with Crippen molar-refractivity contribution in [1.82, 2.24) is 10.2 Å². The molecule has 0 radical (unpaired) electrons. The number of rotatable bonds is 5. The number of amides is 4. The van der Waals surface area contributed by atoms with Crippen LogP contribution in [0.25, 0.3) is 0 Å². The van der Waals surface area contributed by atoms with Crippen LogP contribution in [0, 0.1) is 5.82 Å². The van der Waals surface area contributed by atoms with Gasteiger partial charge in [-0.05, 0) is 24.6 Å². The fourth-order valence-electron chi connectivity index (χ4n) is 2.14. The lowest BCUT2D eigenvalue weighted by atomic mass is 10.2. The summed E-state index contributed by atoms with van der Waals surface area (Å²) in [6.07, 6.45) is 1.26. The van der Waals surface area contributed by atoms with Crippen molar-refractivity contribution >= 4 is 35.1 Å². The molecule has 2 rings (SSSR count). The number of carbonyl (C=O) groups is 3. The van der Waals surface area contributed by atoms with E-state index in [4.69, 9.17) is 11.6 Å². The van der Waals surface area contributed by atoms with Gasteiger partial charge < -0.3 is 10.6 Å². The molecule has 0 aliphatic carbocycles. The van der Waals surface area contributed by atoms with Gasteiger partial charge in [-0.25, -0.2) is 9.18 Å². The summed E-state index contributed by atoms with van der Waals surface area (Å²) in [6.45, 7) is 1.48. The summed E-state index contributed by atoms with van der Waals surface area (Å²) in [6, 6.07) is 2.33. The van der Waals surface area contributed by atoms with E-state index >= 15 is 0 Å². The molecule has 0 bridgehead atoms. The Labute approximate surface area is 131 Å². The molecule has 6 nitrogen and oxygen atoms in total. The van der Waals surface area contributed by atoms with E-state index in [-0.39, 0.29) is 10.7 Å². The van der Waals surface area contributed by atoms with Gasteiger partial charge in [-0.15, -0.1) is 0 Å². The van der Waals surface area contributed by atoms with Crippen LogP contribution < -0.4 is 10.6 Å². The maximum Gasteiger partial charge on any atom is 0.325 e. The predicted molar refractivity (Wildman–Crippen MR) is 79.0 cm³/mol. The van der Waals surface area contributed by atoms with E-state index in [1.54, 1.807) is 0 Å². The molecule has 1 fully saturated rings. The van der Waals surface area contributed by atoms with Gasteiger partial charge in [0.05, 0.1) is 10.7 Å². The van der Waals surface area contributed by atoms with E-state index in [0.717, 1.165) is 23.5 Å². The normalized spacial score (nSPS) is 17.6. The average molecular weight is 328 g/mol. The Hall–Kier alpha value is -2.15. The lowest BCUT2D eigenvalue weighted by Gasteiger charge is -2.13. The molecule has 0 spiro atoms. The molecule has 0 aromatic heterocycles. The minimum atomic E-state index is -0.594. The molecule has 0 unspecified atom stereocenters. The highest BCUT2D eigenvalue weighted by Crippen LogP contribution is 2.22. The van der Waals surface area contributed by atoms with Crippen molar-refractivity contribution in [1.29, 1.82) is 0 Å². The molecule has 22 heavy (non-hydrogen) atoms. The molecule has 1 aliphatic heterocycles. The van der Waals surface area contributed by atoms with Crippen LogP contribution in [0.2, 0.25) is 5.02 Å². The van der Waals surface area contributed by atoms with Crippen molar-refractivity contribution in [2.24, 2.45) is 0 Å². The highest BCUT2D eigenvalue weighted by Gasteiger charge is 2.38. The fraction of sp³-hybridized carbons (Fsp3) is 0.357. The summed E-state index contributed by atoms with van der Waals surface area (Å²) in [4.78, 5) is 36.5. The number of urea groups is 1. The third-order valence-electron chi connectivity index (χ3n) is 3.19. The largest absolute Gasteiger partial charge is 0.326 e. The summed E-state index contributed by atoms with van der Waals surface area (Å²) >= 11 is 5.80. The molecule has 1 saturated heterocycles. The van der Waals surface area contributed by atoms with Crippen LogP contribution in [-0.2, 0) is 9.59 Å². The van der Waals surface area contributed by atoms with Crippen molar-refractivity contribution in [3.8, 4) is 0 Å². The van der Waals surface area contributed by atoms with E-state index < -0.39 is 36.2 Å². The van der Waals surface area contributed by atoms with E-state index in [1.165, 1.54) is 6.07 Å². The third kappa shape index (κ3) is 3.54. The van der Waals surface area contributed by atoms with Crippen LogP contribution in [0.5, 0.6) is 0 Å². The van der Waals surface area contributed by atoms with E-state index in [9.17, 15) is 18.8 Å². The lowest BCUT2D eigenvalue weighted by molar-refractivity contribution is -0.130. The topological polar surface area (TPSA) is 78.5 Å². The lowest BCUT2D eigenvalue weighted by Crippen LogP contribution is -2.38. The minimum absolute atomic E-state index is 0.0365. The van der Waals surface area contributed by atoms with Crippen LogP contribution in [-0.4, -0.2) is 35.3 Å². The Morgan fingerprint density at radius 3 is 2.82 bits per heavy atom. The molecular formula is C14H15ClFN3O3. The average Bonchev–Trinajstić information content (AvgIpc) is 2.70. The number of carbonyl (C=O) groups excluding carboxylic acids is 3. The second-order valence-electron chi connectivity index (χ2n) is 4.89. The number of hydrogen-bond acceptors (Lipinski definition) is 3. The number of anilines is 1. The van der Waals surface area contributed by atoms with E-state index in [0.29, 0.717) is 6.42 Å². The van der Waals surface area contributed by atoms with Gasteiger partial charge >= 0.3 is 6.03 Å². The van der Waals surface area contributed by atoms with Crippen molar-refractivity contribution in [2.75, 3.05) is 11.9 Å². The van der Waals surface area contributed by atoms with Gasteiger partial charge in [0.1, 0.15) is 18.4 Å². The summed E-state index contributed by atoms with van der Waals surface area (Å²) in [7, 11) is 0. The second kappa shape index (κ2) is 6.74. The van der Waals surface area contributed by atoms with Crippen molar-refractivity contribution in [2.45, 2.75) is 25.8 Å². The van der Waals surface area contributed by atoms with Crippen LogP contribution in [0.1, 0.15) is 19.8 Å². The first-order valence-corrected chi connectivity index (χ1v) is 7.17. The minimum Gasteiger partial charge on any atom is -0.326 e. The number of nitrogens with one attached hydrogen (secondary N) is 2. The fourth-order valence-corrected chi connectivity index (χ4v) is 2.35. The van der Waals surface area contributed by atoms with Crippen LogP contribution in [0.3, 0.4) is 0 Å². The van der Waals surface area contributed by atoms with Gasteiger partial charge in [-0.1, -0.05) is 24.9 Å². The summed E-state index contributed by atoms with van der Waals surface area (Å²) < 4.78 is 12.9. The van der Waals surface area contributed by atoms with Gasteiger partial charge in [0.2, 0.25) is 5.91 Å². The SMILES string of the molecule is CCC[C@H]1NC(=O)N(CC(=O)Nc2ccc(F)cc2Cl)C1=O. The molecule has 118 valence electrons. The van der Waals surface area contributed by atoms with Gasteiger partial charge in [0.25, 0.3) is 5.91 Å². The number of hydrogen-bond donors (Lipinski definition) is 2. The Balaban J connectivity index is 2.00. The maximum atomic E-state index is 12.9. The molecule has 1 aromatic carbocycles. The molecule has 1 aromatic rings. The Kier molecular flexibility index (Phi) is 4.97. The summed E-state index contributed by atoms with van der Waals surface area (Å²) in [5, 5.41) is 5.00. The Morgan fingerprint density at radius 1 is 1.45 bits per heavy atom. The number of imide groups is 1. The second-order valence-corrected chi connectivity index (χ2v) is 5.29. The number of benzene rings is 1. The van der Waals surface area contributed by atoms with E-state index in [2.05, 4.69) is 10.6 Å². The Morgan fingerprint density at radius 2 is 2.18 bits per heavy atom. The van der Waals surface area contributed by atoms with Gasteiger partial charge in [-0.2, -0.15) is 0 Å². The molecule has 1 aliphatic rings. The van der Waals surface area contributed by atoms with Crippen LogP contribution in [0.4, 0.5) is 14.9 Å². The van der Waals surface area contributed by atoms with Crippen molar-refractivity contribution in [3.63, 3.8) is 0 Å². The monoisotopic (exact) mass is 327 g/mol. The first kappa shape index (κ1) is 16.2. The molecule has 0 saturated carbocycles. The van der Waals surface area contributed by atoms with Crippen molar-refractivity contribution in [3.05, 3.63) is 29.0 Å². The molecule has 8 heteroatoms. The molecular weight excluding hydrogens is 313 g/mol. The van der Waals surface area contributed by atoms with Crippen molar-refractivity contribution < 1.29 is 18.8 Å². The van der Waals surface area contributed by atoms with Gasteiger partial charge in [0.15, 0.2) is 0 Å². The first-order chi connectivity index (χ1) is 10.4. The first-order valence-electron chi connectivity index (χ1n) is 6.79. The number of halogens is 2. The number of nitrogens with zero attached hydrogens (tertiary/aromatic N) is 1. The van der Waals surface area contributed by atoms with Gasteiger partial charge in [0, 0.05) is 0 Å². The third-order valence-corrected chi connectivity index (χ3v) is 3.50. The molecule has 2 N–H and O–H groups in total. The highest BCUT2D eigenvalue weighted by atomic mass is 35.5. The molecule has 4 amide bonds. The van der Waals surface area contributed by atoms with E-state index in [1.807, 2.05) is 6.92 Å². The zero-order valence-corrected chi connectivity index (χ0v) is 12.6.